The number of aromatic nitrogens is 1. The van der Waals surface area contributed by atoms with Crippen molar-refractivity contribution in [3.05, 3.63) is 23.5 Å². The van der Waals surface area contributed by atoms with Crippen LogP contribution in [0.25, 0.3) is 0 Å². The molecule has 19 heavy (non-hydrogen) atoms. The Morgan fingerprint density at radius 1 is 1.16 bits per heavy atom. The van der Waals surface area contributed by atoms with Gasteiger partial charge in [-0.15, -0.1) is 0 Å². The molecule has 1 aromatic heterocycles. The molecule has 0 spiro atoms. The number of hydrogen-bond donors (Lipinski definition) is 0. The van der Waals surface area contributed by atoms with Crippen LogP contribution in [0.4, 0.5) is 0 Å². The van der Waals surface area contributed by atoms with Crippen molar-refractivity contribution in [1.82, 2.24) is 4.98 Å². The van der Waals surface area contributed by atoms with Gasteiger partial charge in [-0.05, 0) is 40.7 Å². The van der Waals surface area contributed by atoms with Crippen molar-refractivity contribution in [1.29, 1.82) is 0 Å². The Kier molecular flexibility index (Phi) is 3.73. The van der Waals surface area contributed by atoms with E-state index in [0.717, 1.165) is 16.9 Å². The molecule has 0 aromatic carbocycles. The zero-order valence-corrected chi connectivity index (χ0v) is 12.6. The van der Waals surface area contributed by atoms with Gasteiger partial charge >= 0.3 is 7.12 Å². The van der Waals surface area contributed by atoms with Gasteiger partial charge in [-0.2, -0.15) is 0 Å². The number of hydrogen-bond acceptors (Lipinski definition) is 4. The summed E-state index contributed by atoms with van der Waals surface area (Å²) in [5.41, 5.74) is 2.11. The molecular weight excluding hydrogens is 241 g/mol. The summed E-state index contributed by atoms with van der Waals surface area (Å²) >= 11 is 0. The lowest BCUT2D eigenvalue weighted by molar-refractivity contribution is 0.00578. The third-order valence-electron chi connectivity index (χ3n) is 3.94. The first-order valence-corrected chi connectivity index (χ1v) is 6.58. The number of ether oxygens (including phenoxy) is 1. The van der Waals surface area contributed by atoms with Gasteiger partial charge in [-0.3, -0.25) is 4.98 Å². The summed E-state index contributed by atoms with van der Waals surface area (Å²) in [6.07, 6.45) is 0. The average molecular weight is 263 g/mol. The summed E-state index contributed by atoms with van der Waals surface area (Å²) in [6, 6.07) is 3.98. The van der Waals surface area contributed by atoms with Gasteiger partial charge in [0.15, 0.2) is 0 Å². The summed E-state index contributed by atoms with van der Waals surface area (Å²) < 4.78 is 17.3. The van der Waals surface area contributed by atoms with E-state index < -0.39 is 0 Å². The summed E-state index contributed by atoms with van der Waals surface area (Å²) in [7, 11) is 1.28. The van der Waals surface area contributed by atoms with E-state index in [1.807, 2.05) is 46.8 Å². The van der Waals surface area contributed by atoms with Crippen LogP contribution in [0.5, 0.6) is 0 Å². The largest absolute Gasteiger partial charge is 0.496 e. The molecule has 0 aliphatic carbocycles. The number of pyridine rings is 1. The van der Waals surface area contributed by atoms with E-state index >= 15 is 0 Å². The number of rotatable bonds is 3. The second kappa shape index (κ2) is 4.89. The van der Waals surface area contributed by atoms with Gasteiger partial charge in [0.05, 0.1) is 23.5 Å². The Morgan fingerprint density at radius 2 is 1.74 bits per heavy atom. The second-order valence-corrected chi connectivity index (χ2v) is 6.01. The third kappa shape index (κ3) is 2.68. The molecule has 5 heteroatoms. The smallest absolute Gasteiger partial charge is 0.399 e. The van der Waals surface area contributed by atoms with Crippen molar-refractivity contribution >= 4 is 12.6 Å². The van der Waals surface area contributed by atoms with Crippen molar-refractivity contribution in [3.8, 4) is 0 Å². The molecule has 2 heterocycles. The lowest BCUT2D eigenvalue weighted by Gasteiger charge is -2.32. The van der Waals surface area contributed by atoms with E-state index in [0.29, 0.717) is 6.61 Å². The minimum absolute atomic E-state index is 0.340. The van der Waals surface area contributed by atoms with Crippen LogP contribution in [0.15, 0.2) is 12.1 Å². The van der Waals surface area contributed by atoms with Gasteiger partial charge in [0.2, 0.25) is 0 Å². The first-order chi connectivity index (χ1) is 8.77. The highest BCUT2D eigenvalue weighted by molar-refractivity contribution is 6.62. The molecule has 1 saturated heterocycles. The van der Waals surface area contributed by atoms with E-state index in [1.165, 1.54) is 0 Å². The highest BCUT2D eigenvalue weighted by Crippen LogP contribution is 2.36. The van der Waals surface area contributed by atoms with Gasteiger partial charge in [0.1, 0.15) is 0 Å². The molecule has 1 aliphatic rings. The lowest BCUT2D eigenvalue weighted by atomic mass is 9.77. The predicted molar refractivity (Wildman–Crippen MR) is 75.4 cm³/mol. The molecule has 0 amide bonds. The van der Waals surface area contributed by atoms with E-state index in [9.17, 15) is 0 Å². The van der Waals surface area contributed by atoms with Crippen molar-refractivity contribution in [2.24, 2.45) is 0 Å². The Balaban J connectivity index is 2.34. The van der Waals surface area contributed by atoms with Crippen molar-refractivity contribution in [2.75, 3.05) is 7.11 Å². The number of aryl methyl sites for hydroxylation is 1. The van der Waals surface area contributed by atoms with Gasteiger partial charge in [0.25, 0.3) is 0 Å². The summed E-state index contributed by atoms with van der Waals surface area (Å²) in [5, 5.41) is 0. The molecule has 0 atom stereocenters. The van der Waals surface area contributed by atoms with Crippen molar-refractivity contribution in [2.45, 2.75) is 52.4 Å². The third-order valence-corrected chi connectivity index (χ3v) is 3.94. The molecule has 0 unspecified atom stereocenters. The quantitative estimate of drug-likeness (QED) is 0.780. The molecule has 1 aromatic rings. The fourth-order valence-electron chi connectivity index (χ4n) is 2.06. The standard InChI is InChI=1S/C14H22BNO3/c1-10-7-8-11(12(16-10)9-17-6)15-18-13(2,3)14(4,5)19-15/h7-8H,9H2,1-6H3. The first kappa shape index (κ1) is 14.5. The minimum atomic E-state index is -0.386. The molecule has 0 N–H and O–H groups in total. The van der Waals surface area contributed by atoms with Crippen LogP contribution < -0.4 is 5.46 Å². The van der Waals surface area contributed by atoms with Crippen molar-refractivity contribution < 1.29 is 14.0 Å². The van der Waals surface area contributed by atoms with Gasteiger partial charge in [-0.25, -0.2) is 0 Å². The summed E-state index contributed by atoms with van der Waals surface area (Å²) in [5.74, 6) is 0. The Morgan fingerprint density at radius 3 is 2.26 bits per heavy atom. The van der Waals surface area contributed by atoms with Crippen LogP contribution >= 0.6 is 0 Å². The van der Waals surface area contributed by atoms with Gasteiger partial charge < -0.3 is 14.0 Å². The van der Waals surface area contributed by atoms with E-state index in [2.05, 4.69) is 4.98 Å². The zero-order valence-electron chi connectivity index (χ0n) is 12.6. The van der Waals surface area contributed by atoms with Crippen molar-refractivity contribution in [3.63, 3.8) is 0 Å². The number of nitrogens with zero attached hydrogens (tertiary/aromatic N) is 1. The molecule has 0 saturated carbocycles. The van der Waals surface area contributed by atoms with Crippen LogP contribution in [0.2, 0.25) is 0 Å². The van der Waals surface area contributed by atoms with E-state index in [4.69, 9.17) is 14.0 Å². The predicted octanol–water partition coefficient (Wildman–Crippen LogP) is 1.84. The van der Waals surface area contributed by atoms with Gasteiger partial charge in [0, 0.05) is 18.3 Å². The maximum atomic E-state index is 6.06. The molecule has 2 rings (SSSR count). The van der Waals surface area contributed by atoms with Gasteiger partial charge in [-0.1, -0.05) is 6.07 Å². The molecule has 104 valence electrons. The zero-order chi connectivity index (χ0) is 14.3. The molecular formula is C14H22BNO3. The maximum Gasteiger partial charge on any atom is 0.496 e. The highest BCUT2D eigenvalue weighted by Gasteiger charge is 2.52. The lowest BCUT2D eigenvalue weighted by Crippen LogP contribution is -2.41. The molecule has 1 fully saturated rings. The monoisotopic (exact) mass is 263 g/mol. The number of methoxy groups -OCH3 is 1. The van der Waals surface area contributed by atoms with Crippen LogP contribution in [-0.2, 0) is 20.7 Å². The van der Waals surface area contributed by atoms with Crippen LogP contribution in [0, 0.1) is 6.92 Å². The van der Waals surface area contributed by atoms with Crippen LogP contribution in [0.3, 0.4) is 0 Å². The van der Waals surface area contributed by atoms with E-state index in [-0.39, 0.29) is 18.3 Å². The first-order valence-electron chi connectivity index (χ1n) is 6.58. The topological polar surface area (TPSA) is 40.6 Å². The van der Waals surface area contributed by atoms with Crippen LogP contribution in [-0.4, -0.2) is 30.4 Å². The SMILES string of the molecule is COCc1nc(C)ccc1B1OC(C)(C)C(C)(C)O1. The Hall–Kier alpha value is -0.905. The fourth-order valence-corrected chi connectivity index (χ4v) is 2.06. The average Bonchev–Trinajstić information content (AvgIpc) is 2.48. The van der Waals surface area contributed by atoms with E-state index in [1.54, 1.807) is 7.11 Å². The molecule has 0 bridgehead atoms. The second-order valence-electron chi connectivity index (χ2n) is 6.01. The van der Waals surface area contributed by atoms with Crippen LogP contribution in [0.1, 0.15) is 39.1 Å². The Labute approximate surface area is 115 Å². The highest BCUT2D eigenvalue weighted by atomic mass is 16.7. The molecule has 1 aliphatic heterocycles. The summed E-state index contributed by atoms with van der Waals surface area (Å²) in [6.45, 7) is 10.6. The minimum Gasteiger partial charge on any atom is -0.399 e. The molecule has 4 nitrogen and oxygen atoms in total. The summed E-state index contributed by atoms with van der Waals surface area (Å²) in [4.78, 5) is 4.52. The molecule has 0 radical (unpaired) electrons. The maximum absolute atomic E-state index is 6.06. The Bertz CT molecular complexity index is 458. The fraction of sp³-hybridized carbons (Fsp3) is 0.643. The normalized spacial score (nSPS) is 20.8.